The number of hydrogen-bond acceptors (Lipinski definition) is 6. The van der Waals surface area contributed by atoms with Crippen molar-refractivity contribution in [3.05, 3.63) is 65.7 Å². The number of esters is 1. The van der Waals surface area contributed by atoms with Crippen LogP contribution in [0, 0.1) is 11.8 Å². The lowest BCUT2D eigenvalue weighted by atomic mass is 9.89. The lowest BCUT2D eigenvalue weighted by Crippen LogP contribution is -2.21. The van der Waals surface area contributed by atoms with Crippen molar-refractivity contribution in [1.29, 1.82) is 0 Å². The van der Waals surface area contributed by atoms with Crippen molar-refractivity contribution in [3.63, 3.8) is 0 Å². The Bertz CT molecular complexity index is 760. The van der Waals surface area contributed by atoms with Crippen molar-refractivity contribution in [2.75, 3.05) is 13.7 Å². The molecule has 7 heteroatoms. The van der Waals surface area contributed by atoms with Crippen LogP contribution in [0.2, 0.25) is 5.02 Å². The first-order valence-corrected chi connectivity index (χ1v) is 10.3. The molecule has 3 N–H and O–H groups in total. The maximum atomic E-state index is 11.0. The van der Waals surface area contributed by atoms with Crippen LogP contribution in [0.3, 0.4) is 0 Å². The largest absolute Gasteiger partial charge is 0.491 e. The van der Waals surface area contributed by atoms with Gasteiger partial charge in [0.1, 0.15) is 18.5 Å². The van der Waals surface area contributed by atoms with Crippen LogP contribution in [0.4, 0.5) is 0 Å². The van der Waals surface area contributed by atoms with E-state index in [9.17, 15) is 20.1 Å². The van der Waals surface area contributed by atoms with Crippen LogP contribution < -0.4 is 4.74 Å². The van der Waals surface area contributed by atoms with E-state index in [1.54, 1.807) is 42.5 Å². The molecule has 0 aromatic heterocycles. The first-order chi connectivity index (χ1) is 14.4. The number of benzene rings is 1. The van der Waals surface area contributed by atoms with Gasteiger partial charge in [0.25, 0.3) is 0 Å². The molecule has 1 saturated carbocycles. The molecule has 164 valence electrons. The number of rotatable bonds is 10. The molecule has 1 aliphatic carbocycles. The Hall–Kier alpha value is -2.12. The van der Waals surface area contributed by atoms with E-state index >= 15 is 0 Å². The van der Waals surface area contributed by atoms with Gasteiger partial charge in [0, 0.05) is 23.4 Å². The highest BCUT2D eigenvalue weighted by Gasteiger charge is 2.39. The number of halogens is 1. The minimum absolute atomic E-state index is 0.0549. The van der Waals surface area contributed by atoms with Crippen LogP contribution in [-0.2, 0) is 9.53 Å². The fourth-order valence-electron chi connectivity index (χ4n) is 3.42. The average molecular weight is 437 g/mol. The maximum absolute atomic E-state index is 11.0. The van der Waals surface area contributed by atoms with Crippen molar-refractivity contribution >= 4 is 17.6 Å². The molecule has 0 unspecified atom stereocenters. The van der Waals surface area contributed by atoms with E-state index in [0.717, 1.165) is 0 Å². The first kappa shape index (κ1) is 24.2. The molecule has 0 heterocycles. The highest BCUT2D eigenvalue weighted by atomic mass is 35.5. The van der Waals surface area contributed by atoms with Gasteiger partial charge in [-0.25, -0.2) is 4.79 Å². The quantitative estimate of drug-likeness (QED) is 0.296. The van der Waals surface area contributed by atoms with E-state index in [0.29, 0.717) is 30.0 Å². The highest BCUT2D eigenvalue weighted by Crippen LogP contribution is 2.36. The van der Waals surface area contributed by atoms with Crippen molar-refractivity contribution < 1.29 is 29.6 Å². The van der Waals surface area contributed by atoms with Crippen molar-refractivity contribution in [2.45, 2.75) is 37.6 Å². The summed E-state index contributed by atoms with van der Waals surface area (Å²) in [5.41, 5.74) is 0. The van der Waals surface area contributed by atoms with E-state index < -0.39 is 24.3 Å². The first-order valence-electron chi connectivity index (χ1n) is 9.91. The Kier molecular flexibility index (Phi) is 10.1. The Morgan fingerprint density at radius 1 is 1.27 bits per heavy atom. The predicted molar refractivity (Wildman–Crippen MR) is 115 cm³/mol. The summed E-state index contributed by atoms with van der Waals surface area (Å²) >= 11 is 5.91. The van der Waals surface area contributed by atoms with Gasteiger partial charge in [0.2, 0.25) is 0 Å². The van der Waals surface area contributed by atoms with E-state index in [2.05, 4.69) is 4.74 Å². The second-order valence-corrected chi connectivity index (χ2v) is 7.64. The van der Waals surface area contributed by atoms with Gasteiger partial charge >= 0.3 is 5.97 Å². The zero-order chi connectivity index (χ0) is 21.9. The third-order valence-corrected chi connectivity index (χ3v) is 5.23. The van der Waals surface area contributed by atoms with Gasteiger partial charge in [0.15, 0.2) is 0 Å². The summed E-state index contributed by atoms with van der Waals surface area (Å²) < 4.78 is 10.0. The van der Waals surface area contributed by atoms with Gasteiger partial charge in [-0.15, -0.1) is 0 Å². The van der Waals surface area contributed by atoms with E-state index in [1.165, 1.54) is 13.2 Å². The average Bonchev–Trinajstić information content (AvgIpc) is 2.99. The SMILES string of the molecule is COC(=O)/C=C/C/C=C/C[C@@H]1[C@@H](/C=C/[C@@H](O)COc2cccc(Cl)c2)[C@H](O)C[C@@H]1O. The molecular formula is C23H29ClO6. The Balaban J connectivity index is 1.85. The molecule has 0 aliphatic heterocycles. The summed E-state index contributed by atoms with van der Waals surface area (Å²) in [4.78, 5) is 11.0. The number of methoxy groups -OCH3 is 1. The molecule has 0 saturated heterocycles. The number of aliphatic hydroxyl groups is 3. The molecule has 0 amide bonds. The molecule has 6 nitrogen and oxygen atoms in total. The summed E-state index contributed by atoms with van der Waals surface area (Å²) in [5.74, 6) is -0.259. The lowest BCUT2D eigenvalue weighted by molar-refractivity contribution is -0.134. The van der Waals surface area contributed by atoms with Gasteiger partial charge < -0.3 is 24.8 Å². The van der Waals surface area contributed by atoms with Crippen molar-refractivity contribution in [2.24, 2.45) is 11.8 Å². The van der Waals surface area contributed by atoms with Crippen LogP contribution >= 0.6 is 11.6 Å². The third kappa shape index (κ3) is 7.95. The molecule has 30 heavy (non-hydrogen) atoms. The van der Waals surface area contributed by atoms with E-state index in [1.807, 2.05) is 12.2 Å². The number of aliphatic hydroxyl groups excluding tert-OH is 3. The van der Waals surface area contributed by atoms with Crippen LogP contribution in [0.15, 0.2) is 60.7 Å². The predicted octanol–water partition coefficient (Wildman–Crippen LogP) is 3.06. The van der Waals surface area contributed by atoms with Gasteiger partial charge in [-0.1, -0.05) is 48.0 Å². The summed E-state index contributed by atoms with van der Waals surface area (Å²) in [6.07, 6.45) is 9.51. The standard InChI is InChI=1S/C23H29ClO6/c1-29-23(28)10-5-3-2-4-9-19-20(22(27)14-21(19)26)12-11-17(25)15-30-18-8-6-7-16(24)13-18/h2,4-8,10-13,17,19-22,25-27H,3,9,14-15H2,1H3/b4-2+,10-5+,12-11+/t17-,19-,20-,21+,22-/m1/s1. The molecule has 1 aliphatic rings. The summed E-state index contributed by atoms with van der Waals surface area (Å²) in [7, 11) is 1.32. The van der Waals surface area contributed by atoms with Crippen molar-refractivity contribution in [3.8, 4) is 5.75 Å². The van der Waals surface area contributed by atoms with Gasteiger partial charge in [-0.2, -0.15) is 0 Å². The topological polar surface area (TPSA) is 96.2 Å². The zero-order valence-corrected chi connectivity index (χ0v) is 17.7. The minimum atomic E-state index is -0.853. The number of carbonyl (C=O) groups excluding carboxylic acids is 1. The molecule has 0 spiro atoms. The minimum Gasteiger partial charge on any atom is -0.491 e. The smallest absolute Gasteiger partial charge is 0.330 e. The maximum Gasteiger partial charge on any atom is 0.330 e. The number of ether oxygens (including phenoxy) is 2. The van der Waals surface area contributed by atoms with Crippen molar-refractivity contribution in [1.82, 2.24) is 0 Å². The molecule has 0 bridgehead atoms. The molecule has 1 fully saturated rings. The molecule has 2 rings (SSSR count). The summed E-state index contributed by atoms with van der Waals surface area (Å²) in [6, 6.07) is 6.92. The third-order valence-electron chi connectivity index (χ3n) is 4.99. The number of allylic oxidation sites excluding steroid dienone is 3. The van der Waals surface area contributed by atoms with Crippen LogP contribution in [0.25, 0.3) is 0 Å². The highest BCUT2D eigenvalue weighted by molar-refractivity contribution is 6.30. The molecule has 1 aromatic rings. The lowest BCUT2D eigenvalue weighted by Gasteiger charge is -2.19. The Labute approximate surface area is 182 Å². The second-order valence-electron chi connectivity index (χ2n) is 7.20. The number of hydrogen-bond donors (Lipinski definition) is 3. The second kappa shape index (κ2) is 12.5. The Morgan fingerprint density at radius 3 is 2.80 bits per heavy atom. The summed E-state index contributed by atoms with van der Waals surface area (Å²) in [5, 5.41) is 31.3. The van der Waals surface area contributed by atoms with Crippen LogP contribution in [0.5, 0.6) is 5.75 Å². The Morgan fingerprint density at radius 2 is 2.07 bits per heavy atom. The normalized spacial score (nSPS) is 25.4. The van der Waals surface area contributed by atoms with Crippen LogP contribution in [-0.4, -0.2) is 53.3 Å². The van der Waals surface area contributed by atoms with Gasteiger partial charge in [-0.05, 0) is 37.0 Å². The summed E-state index contributed by atoms with van der Waals surface area (Å²) in [6.45, 7) is 0.0549. The molecule has 0 radical (unpaired) electrons. The van der Waals surface area contributed by atoms with Gasteiger partial charge in [-0.3, -0.25) is 0 Å². The molecule has 5 atom stereocenters. The zero-order valence-electron chi connectivity index (χ0n) is 16.9. The molecule has 1 aromatic carbocycles. The van der Waals surface area contributed by atoms with Gasteiger partial charge in [0.05, 0.1) is 19.3 Å². The fourth-order valence-corrected chi connectivity index (χ4v) is 3.60. The fraction of sp³-hybridized carbons (Fsp3) is 0.435. The number of carbonyl (C=O) groups is 1. The van der Waals surface area contributed by atoms with E-state index in [-0.39, 0.29) is 18.4 Å². The molecular weight excluding hydrogens is 408 g/mol. The van der Waals surface area contributed by atoms with Crippen LogP contribution in [0.1, 0.15) is 19.3 Å². The van der Waals surface area contributed by atoms with E-state index in [4.69, 9.17) is 16.3 Å². The monoisotopic (exact) mass is 436 g/mol.